The summed E-state index contributed by atoms with van der Waals surface area (Å²) in [7, 11) is 0. The van der Waals surface area contributed by atoms with Crippen molar-refractivity contribution in [1.29, 1.82) is 0 Å². The molecule has 2 aromatic rings. The van der Waals surface area contributed by atoms with Crippen LogP contribution >= 0.6 is 22.9 Å². The molecule has 0 aliphatic rings. The van der Waals surface area contributed by atoms with Crippen LogP contribution in [0.4, 0.5) is 5.95 Å². The summed E-state index contributed by atoms with van der Waals surface area (Å²) in [6, 6.07) is 1.99. The van der Waals surface area contributed by atoms with Crippen molar-refractivity contribution in [3.8, 4) is 0 Å². The predicted octanol–water partition coefficient (Wildman–Crippen LogP) is 2.65. The Hall–Kier alpha value is -1.17. The maximum absolute atomic E-state index is 9.97. The number of rotatable bonds is 4. The average Bonchev–Trinajstić information content (AvgIpc) is 2.74. The Kier molecular flexibility index (Phi) is 3.93. The monoisotopic (exact) mass is 269 g/mol. The van der Waals surface area contributed by atoms with Crippen LogP contribution < -0.4 is 5.32 Å². The molecule has 6 heteroatoms. The smallest absolute Gasteiger partial charge is 0.222 e. The van der Waals surface area contributed by atoms with E-state index in [2.05, 4.69) is 15.3 Å². The molecule has 2 N–H and O–H groups in total. The highest BCUT2D eigenvalue weighted by atomic mass is 35.5. The van der Waals surface area contributed by atoms with Crippen molar-refractivity contribution in [3.05, 3.63) is 39.3 Å². The summed E-state index contributed by atoms with van der Waals surface area (Å²) in [5, 5.41) is 15.4. The Morgan fingerprint density at radius 1 is 1.47 bits per heavy atom. The third-order valence-electron chi connectivity index (χ3n) is 2.28. The molecular weight excluding hydrogens is 258 g/mol. The van der Waals surface area contributed by atoms with Crippen LogP contribution in [0.1, 0.15) is 16.5 Å². The summed E-state index contributed by atoms with van der Waals surface area (Å²) in [6.45, 7) is 2.36. The molecule has 2 aromatic heterocycles. The summed E-state index contributed by atoms with van der Waals surface area (Å²) in [5.41, 5.74) is 1.10. The first-order valence-corrected chi connectivity index (χ1v) is 6.36. The van der Waals surface area contributed by atoms with Crippen LogP contribution in [0.5, 0.6) is 0 Å². The molecule has 17 heavy (non-hydrogen) atoms. The van der Waals surface area contributed by atoms with E-state index in [1.165, 1.54) is 12.4 Å². The van der Waals surface area contributed by atoms with Crippen LogP contribution in [0.25, 0.3) is 0 Å². The van der Waals surface area contributed by atoms with E-state index in [0.717, 1.165) is 10.4 Å². The van der Waals surface area contributed by atoms with Gasteiger partial charge in [-0.3, -0.25) is 0 Å². The Labute approximate surface area is 108 Å². The molecule has 4 nitrogen and oxygen atoms in total. The molecule has 1 atom stereocenters. The fourth-order valence-electron chi connectivity index (χ4n) is 1.41. The number of nitrogens with one attached hydrogen (secondary N) is 1. The molecule has 2 heterocycles. The quantitative estimate of drug-likeness (QED) is 0.896. The number of aromatic nitrogens is 2. The topological polar surface area (TPSA) is 58.0 Å². The second-order valence-electron chi connectivity index (χ2n) is 3.59. The lowest BCUT2D eigenvalue weighted by molar-refractivity contribution is 0.194. The van der Waals surface area contributed by atoms with Crippen LogP contribution in [-0.2, 0) is 0 Å². The highest BCUT2D eigenvalue weighted by molar-refractivity contribution is 7.10. The van der Waals surface area contributed by atoms with Crippen molar-refractivity contribution in [2.75, 3.05) is 11.9 Å². The van der Waals surface area contributed by atoms with Crippen LogP contribution in [0.3, 0.4) is 0 Å². The second-order valence-corrected chi connectivity index (χ2v) is 4.97. The number of aliphatic hydroxyl groups is 1. The van der Waals surface area contributed by atoms with Gasteiger partial charge in [0, 0.05) is 11.4 Å². The van der Waals surface area contributed by atoms with E-state index in [-0.39, 0.29) is 0 Å². The van der Waals surface area contributed by atoms with Crippen molar-refractivity contribution in [1.82, 2.24) is 9.97 Å². The van der Waals surface area contributed by atoms with Gasteiger partial charge in [0.05, 0.1) is 17.4 Å². The van der Waals surface area contributed by atoms with Gasteiger partial charge in [-0.05, 0) is 23.9 Å². The van der Waals surface area contributed by atoms with Gasteiger partial charge in [0.1, 0.15) is 6.10 Å². The maximum Gasteiger partial charge on any atom is 0.222 e. The summed E-state index contributed by atoms with van der Waals surface area (Å²) >= 11 is 7.22. The Morgan fingerprint density at radius 2 is 2.18 bits per heavy atom. The highest BCUT2D eigenvalue weighted by Crippen LogP contribution is 2.23. The van der Waals surface area contributed by atoms with Crippen LogP contribution in [0.2, 0.25) is 5.02 Å². The summed E-state index contributed by atoms with van der Waals surface area (Å²) < 4.78 is 0. The molecule has 0 aliphatic carbocycles. The molecule has 90 valence electrons. The largest absolute Gasteiger partial charge is 0.386 e. The molecule has 0 fully saturated rings. The first-order valence-electron chi connectivity index (χ1n) is 5.10. The molecule has 0 amide bonds. The summed E-state index contributed by atoms with van der Waals surface area (Å²) in [5.74, 6) is 0.461. The third kappa shape index (κ3) is 3.15. The molecule has 0 saturated heterocycles. The SMILES string of the molecule is Cc1ccsc1C(O)CNc1ncc(Cl)cn1. The minimum absolute atomic E-state index is 0.378. The molecule has 0 bridgehead atoms. The van der Waals surface area contributed by atoms with E-state index < -0.39 is 6.10 Å². The van der Waals surface area contributed by atoms with Crippen molar-refractivity contribution in [2.24, 2.45) is 0 Å². The van der Waals surface area contributed by atoms with Crippen molar-refractivity contribution >= 4 is 28.9 Å². The standard InChI is InChI=1S/C11H12ClN3OS/c1-7-2-3-17-10(7)9(16)6-15-11-13-4-8(12)5-14-11/h2-5,9,16H,6H2,1H3,(H,13,14,15). The minimum atomic E-state index is -0.547. The van der Waals surface area contributed by atoms with Crippen LogP contribution in [0, 0.1) is 6.92 Å². The van der Waals surface area contributed by atoms with E-state index in [9.17, 15) is 5.11 Å². The zero-order valence-electron chi connectivity index (χ0n) is 9.22. The number of aliphatic hydroxyl groups excluding tert-OH is 1. The summed E-state index contributed by atoms with van der Waals surface area (Å²) in [6.07, 6.45) is 2.48. The van der Waals surface area contributed by atoms with E-state index in [4.69, 9.17) is 11.6 Å². The molecule has 0 aromatic carbocycles. The average molecular weight is 270 g/mol. The molecule has 0 aliphatic heterocycles. The molecule has 0 radical (unpaired) electrons. The van der Waals surface area contributed by atoms with E-state index >= 15 is 0 Å². The Bertz CT molecular complexity index is 486. The van der Waals surface area contributed by atoms with E-state index in [1.54, 1.807) is 11.3 Å². The first kappa shape index (κ1) is 12.3. The van der Waals surface area contributed by atoms with Gasteiger partial charge in [-0.2, -0.15) is 0 Å². The highest BCUT2D eigenvalue weighted by Gasteiger charge is 2.11. The van der Waals surface area contributed by atoms with Gasteiger partial charge >= 0.3 is 0 Å². The lowest BCUT2D eigenvalue weighted by Crippen LogP contribution is -2.13. The zero-order chi connectivity index (χ0) is 12.3. The number of nitrogens with zero attached hydrogens (tertiary/aromatic N) is 2. The molecule has 0 saturated carbocycles. The van der Waals surface area contributed by atoms with Gasteiger partial charge < -0.3 is 10.4 Å². The second kappa shape index (κ2) is 5.44. The summed E-state index contributed by atoms with van der Waals surface area (Å²) in [4.78, 5) is 8.95. The number of aryl methyl sites for hydroxylation is 1. The number of thiophene rings is 1. The van der Waals surface area contributed by atoms with Crippen molar-refractivity contribution in [2.45, 2.75) is 13.0 Å². The molecule has 0 spiro atoms. The van der Waals surface area contributed by atoms with Gasteiger partial charge in [0.2, 0.25) is 5.95 Å². The zero-order valence-corrected chi connectivity index (χ0v) is 10.8. The van der Waals surface area contributed by atoms with Gasteiger partial charge in [-0.25, -0.2) is 9.97 Å². The number of hydrogen-bond acceptors (Lipinski definition) is 5. The lowest BCUT2D eigenvalue weighted by atomic mass is 10.2. The van der Waals surface area contributed by atoms with E-state index in [0.29, 0.717) is 17.5 Å². The maximum atomic E-state index is 9.97. The number of halogens is 1. The van der Waals surface area contributed by atoms with Gasteiger partial charge in [0.15, 0.2) is 0 Å². The van der Waals surface area contributed by atoms with Gasteiger partial charge in [-0.15, -0.1) is 11.3 Å². The fraction of sp³-hybridized carbons (Fsp3) is 0.273. The third-order valence-corrected chi connectivity index (χ3v) is 3.59. The number of anilines is 1. The predicted molar refractivity (Wildman–Crippen MR) is 69.5 cm³/mol. The lowest BCUT2D eigenvalue weighted by Gasteiger charge is -2.11. The van der Waals surface area contributed by atoms with Gasteiger partial charge in [-0.1, -0.05) is 11.6 Å². The van der Waals surface area contributed by atoms with Crippen molar-refractivity contribution in [3.63, 3.8) is 0 Å². The molecular formula is C11H12ClN3OS. The minimum Gasteiger partial charge on any atom is -0.386 e. The normalized spacial score (nSPS) is 12.4. The Balaban J connectivity index is 1.94. The van der Waals surface area contributed by atoms with Crippen molar-refractivity contribution < 1.29 is 5.11 Å². The Morgan fingerprint density at radius 3 is 2.76 bits per heavy atom. The van der Waals surface area contributed by atoms with Crippen LogP contribution in [-0.4, -0.2) is 21.6 Å². The molecule has 1 unspecified atom stereocenters. The molecule has 2 rings (SSSR count). The first-order chi connectivity index (χ1) is 8.16. The fourth-order valence-corrected chi connectivity index (χ4v) is 2.42. The van der Waals surface area contributed by atoms with Gasteiger partial charge in [0.25, 0.3) is 0 Å². The van der Waals surface area contributed by atoms with E-state index in [1.807, 2.05) is 18.4 Å². The number of hydrogen-bond donors (Lipinski definition) is 2. The van der Waals surface area contributed by atoms with Crippen LogP contribution in [0.15, 0.2) is 23.8 Å².